The predicted octanol–water partition coefficient (Wildman–Crippen LogP) is 3.60. The minimum Gasteiger partial charge on any atom is -0.439 e. The molecule has 0 atom stereocenters. The van der Waals surface area contributed by atoms with Crippen molar-refractivity contribution in [2.75, 3.05) is 6.54 Å². The highest BCUT2D eigenvalue weighted by Gasteiger charge is 2.13. The van der Waals surface area contributed by atoms with Gasteiger partial charge in [-0.05, 0) is 18.7 Å². The van der Waals surface area contributed by atoms with Gasteiger partial charge in [-0.3, -0.25) is 9.69 Å². The first-order valence-corrected chi connectivity index (χ1v) is 8.93. The molecule has 2 heterocycles. The van der Waals surface area contributed by atoms with Crippen molar-refractivity contribution in [1.29, 1.82) is 0 Å². The van der Waals surface area contributed by atoms with Gasteiger partial charge in [0.05, 0.1) is 30.2 Å². The second-order valence-corrected chi connectivity index (χ2v) is 6.32. The minimum atomic E-state index is -0.117. The first-order valence-electron chi connectivity index (χ1n) is 8.93. The van der Waals surface area contributed by atoms with E-state index in [1.54, 1.807) is 12.3 Å². The largest absolute Gasteiger partial charge is 0.439 e. The molecule has 0 saturated carbocycles. The summed E-state index contributed by atoms with van der Waals surface area (Å²) in [7, 11) is 0. The van der Waals surface area contributed by atoms with Crippen LogP contribution in [0.1, 0.15) is 18.6 Å². The maximum Gasteiger partial charge on any atom is 0.258 e. The smallest absolute Gasteiger partial charge is 0.258 e. The number of nitrogens with one attached hydrogen (secondary N) is 1. The maximum atomic E-state index is 12.2. The van der Waals surface area contributed by atoms with Gasteiger partial charge >= 0.3 is 0 Å². The molecule has 4 rings (SSSR count). The lowest BCUT2D eigenvalue weighted by molar-refractivity contribution is 0.238. The average molecular weight is 360 g/mol. The number of hydrogen-bond acceptors (Lipinski definition) is 5. The van der Waals surface area contributed by atoms with Crippen molar-refractivity contribution in [2.45, 2.75) is 20.0 Å². The zero-order chi connectivity index (χ0) is 18.6. The average Bonchev–Trinajstić information content (AvgIpc) is 3.17. The van der Waals surface area contributed by atoms with Crippen LogP contribution >= 0.6 is 0 Å². The van der Waals surface area contributed by atoms with Gasteiger partial charge < -0.3 is 9.40 Å². The number of fused-ring (bicyclic) bond motifs is 1. The van der Waals surface area contributed by atoms with E-state index in [-0.39, 0.29) is 5.56 Å². The number of oxazole rings is 1. The molecule has 0 fully saturated rings. The Morgan fingerprint density at radius 3 is 2.63 bits per heavy atom. The van der Waals surface area contributed by atoms with Crippen LogP contribution < -0.4 is 5.56 Å². The fraction of sp³-hybridized carbons (Fsp3) is 0.190. The van der Waals surface area contributed by atoms with E-state index >= 15 is 0 Å². The van der Waals surface area contributed by atoms with Crippen LogP contribution in [0.2, 0.25) is 0 Å². The molecule has 136 valence electrons. The molecular formula is C21H20N4O2. The van der Waals surface area contributed by atoms with Crippen LogP contribution in [-0.4, -0.2) is 26.4 Å². The number of para-hydroxylation sites is 1. The number of hydrogen-bond donors (Lipinski definition) is 1. The molecule has 1 N–H and O–H groups in total. The van der Waals surface area contributed by atoms with Crippen molar-refractivity contribution in [3.63, 3.8) is 0 Å². The molecule has 0 aliphatic rings. The first kappa shape index (κ1) is 17.2. The summed E-state index contributed by atoms with van der Waals surface area (Å²) in [4.78, 5) is 26.2. The lowest BCUT2D eigenvalue weighted by Crippen LogP contribution is -2.25. The summed E-state index contributed by atoms with van der Waals surface area (Å²) >= 11 is 0. The van der Waals surface area contributed by atoms with Gasteiger partial charge in [0.2, 0.25) is 5.89 Å². The van der Waals surface area contributed by atoms with Crippen LogP contribution in [0.25, 0.3) is 22.2 Å². The Labute approximate surface area is 156 Å². The Kier molecular flexibility index (Phi) is 4.80. The molecule has 4 aromatic rings. The van der Waals surface area contributed by atoms with E-state index < -0.39 is 0 Å². The summed E-state index contributed by atoms with van der Waals surface area (Å²) in [5.74, 6) is 2.02. The molecule has 0 bridgehead atoms. The standard InChI is InChI=1S/C21H20N4O2/c1-2-25(13-19-23-17-11-7-6-10-16(17)21(26)24-19)14-20-22-12-18(27-20)15-8-4-3-5-9-15/h3-12H,2,13-14H2,1H3,(H,23,24,26). The van der Waals surface area contributed by atoms with E-state index in [0.717, 1.165) is 17.9 Å². The molecule has 0 saturated heterocycles. The van der Waals surface area contributed by atoms with Crippen molar-refractivity contribution in [3.05, 3.63) is 82.9 Å². The third-order valence-corrected chi connectivity index (χ3v) is 4.45. The Hall–Kier alpha value is -3.25. The van der Waals surface area contributed by atoms with Gasteiger partial charge in [0.25, 0.3) is 5.56 Å². The second kappa shape index (κ2) is 7.55. The van der Waals surface area contributed by atoms with Gasteiger partial charge in [-0.15, -0.1) is 0 Å². The van der Waals surface area contributed by atoms with Crippen molar-refractivity contribution in [2.24, 2.45) is 0 Å². The van der Waals surface area contributed by atoms with Crippen molar-refractivity contribution >= 4 is 10.9 Å². The Balaban J connectivity index is 1.52. The van der Waals surface area contributed by atoms with Crippen LogP contribution in [0, 0.1) is 0 Å². The topological polar surface area (TPSA) is 75.0 Å². The minimum absolute atomic E-state index is 0.117. The van der Waals surface area contributed by atoms with Gasteiger partial charge in [0.15, 0.2) is 5.76 Å². The van der Waals surface area contributed by atoms with Crippen LogP contribution in [0.3, 0.4) is 0 Å². The van der Waals surface area contributed by atoms with E-state index in [1.807, 2.05) is 48.5 Å². The van der Waals surface area contributed by atoms with Gasteiger partial charge in [-0.2, -0.15) is 0 Å². The molecule has 2 aromatic carbocycles. The number of H-pyrrole nitrogens is 1. The molecule has 0 amide bonds. The van der Waals surface area contributed by atoms with Gasteiger partial charge in [-0.1, -0.05) is 49.4 Å². The molecule has 2 aromatic heterocycles. The molecular weight excluding hydrogens is 340 g/mol. The molecule has 0 aliphatic heterocycles. The zero-order valence-corrected chi connectivity index (χ0v) is 15.1. The Morgan fingerprint density at radius 1 is 1.04 bits per heavy atom. The zero-order valence-electron chi connectivity index (χ0n) is 15.1. The Morgan fingerprint density at radius 2 is 1.81 bits per heavy atom. The van der Waals surface area contributed by atoms with Crippen LogP contribution in [0.5, 0.6) is 0 Å². The molecule has 27 heavy (non-hydrogen) atoms. The monoisotopic (exact) mass is 360 g/mol. The second-order valence-electron chi connectivity index (χ2n) is 6.32. The first-order chi connectivity index (χ1) is 13.2. The number of rotatable bonds is 6. The van der Waals surface area contributed by atoms with E-state index in [9.17, 15) is 4.79 Å². The van der Waals surface area contributed by atoms with Crippen LogP contribution in [0.15, 0.2) is 70.0 Å². The molecule has 0 spiro atoms. The highest BCUT2D eigenvalue weighted by atomic mass is 16.4. The van der Waals surface area contributed by atoms with E-state index in [1.165, 1.54) is 0 Å². The highest BCUT2D eigenvalue weighted by molar-refractivity contribution is 5.77. The lowest BCUT2D eigenvalue weighted by Gasteiger charge is -2.17. The molecule has 0 unspecified atom stereocenters. The summed E-state index contributed by atoms with van der Waals surface area (Å²) in [6, 6.07) is 17.2. The van der Waals surface area contributed by atoms with Gasteiger partial charge in [0, 0.05) is 5.56 Å². The van der Waals surface area contributed by atoms with Crippen molar-refractivity contribution in [1.82, 2.24) is 19.9 Å². The molecule has 0 radical (unpaired) electrons. The fourth-order valence-corrected chi connectivity index (χ4v) is 3.01. The normalized spacial score (nSPS) is 11.3. The van der Waals surface area contributed by atoms with Gasteiger partial charge in [0.1, 0.15) is 5.82 Å². The number of nitrogens with zero attached hydrogens (tertiary/aromatic N) is 3. The van der Waals surface area contributed by atoms with Crippen molar-refractivity contribution in [3.8, 4) is 11.3 Å². The van der Waals surface area contributed by atoms with Crippen molar-refractivity contribution < 1.29 is 4.42 Å². The van der Waals surface area contributed by atoms with Crippen LogP contribution in [0.4, 0.5) is 0 Å². The lowest BCUT2D eigenvalue weighted by atomic mass is 10.2. The Bertz CT molecular complexity index is 1100. The highest BCUT2D eigenvalue weighted by Crippen LogP contribution is 2.20. The van der Waals surface area contributed by atoms with Gasteiger partial charge in [-0.25, -0.2) is 9.97 Å². The number of aromatic nitrogens is 3. The van der Waals surface area contributed by atoms with E-state index in [2.05, 4.69) is 26.8 Å². The number of benzene rings is 2. The van der Waals surface area contributed by atoms with E-state index in [4.69, 9.17) is 4.42 Å². The summed E-state index contributed by atoms with van der Waals surface area (Å²) in [6.07, 6.45) is 1.74. The van der Waals surface area contributed by atoms with E-state index in [0.29, 0.717) is 35.7 Å². The summed E-state index contributed by atoms with van der Waals surface area (Å²) in [6.45, 7) is 3.89. The fourth-order valence-electron chi connectivity index (χ4n) is 3.01. The third-order valence-electron chi connectivity index (χ3n) is 4.45. The molecule has 0 aliphatic carbocycles. The SMILES string of the molecule is CCN(Cc1nc2ccccc2c(=O)[nH]1)Cc1ncc(-c2ccccc2)o1. The summed E-state index contributed by atoms with van der Waals surface area (Å²) in [5.41, 5.74) is 1.59. The number of aromatic amines is 1. The molecule has 6 heteroatoms. The predicted molar refractivity (Wildman–Crippen MR) is 104 cm³/mol. The summed E-state index contributed by atoms with van der Waals surface area (Å²) < 4.78 is 5.89. The van der Waals surface area contributed by atoms with Crippen LogP contribution in [-0.2, 0) is 13.1 Å². The quantitative estimate of drug-likeness (QED) is 0.569. The maximum absolute atomic E-state index is 12.2. The molecule has 6 nitrogen and oxygen atoms in total. The summed E-state index contributed by atoms with van der Waals surface area (Å²) in [5, 5.41) is 0.601. The third kappa shape index (κ3) is 3.80.